The highest BCUT2D eigenvalue weighted by atomic mass is 35.5. The predicted molar refractivity (Wildman–Crippen MR) is 81.1 cm³/mol. The quantitative estimate of drug-likeness (QED) is 0.392. The van der Waals surface area contributed by atoms with E-state index in [1.165, 1.54) is 11.8 Å². The number of benzene rings is 2. The van der Waals surface area contributed by atoms with Gasteiger partial charge in [0.15, 0.2) is 5.84 Å². The number of amidine groups is 1. The zero-order valence-electron chi connectivity index (χ0n) is 10.7. The fourth-order valence-electron chi connectivity index (χ4n) is 1.59. The van der Waals surface area contributed by atoms with Gasteiger partial charge >= 0.3 is 0 Å². The third kappa shape index (κ3) is 3.37. The van der Waals surface area contributed by atoms with Crippen LogP contribution in [0, 0.1) is 0 Å². The van der Waals surface area contributed by atoms with Gasteiger partial charge in [-0.1, -0.05) is 34.6 Å². The van der Waals surface area contributed by atoms with Gasteiger partial charge in [0.05, 0.1) is 12.1 Å². The summed E-state index contributed by atoms with van der Waals surface area (Å²) in [5.41, 5.74) is 6.10. The lowest BCUT2D eigenvalue weighted by Gasteiger charge is -2.07. The summed E-state index contributed by atoms with van der Waals surface area (Å²) in [5.74, 6) is 0.823. The van der Waals surface area contributed by atoms with Crippen LogP contribution in [0.2, 0.25) is 5.02 Å². The van der Waals surface area contributed by atoms with Crippen molar-refractivity contribution in [3.8, 4) is 5.75 Å². The van der Waals surface area contributed by atoms with Crippen molar-refractivity contribution in [2.75, 3.05) is 7.11 Å². The van der Waals surface area contributed by atoms with Crippen LogP contribution < -0.4 is 10.5 Å². The van der Waals surface area contributed by atoms with Crippen molar-refractivity contribution in [2.24, 2.45) is 10.9 Å². The lowest BCUT2D eigenvalue weighted by molar-refractivity contribution is 0.318. The number of hydrogen-bond donors (Lipinski definition) is 2. The molecule has 0 aliphatic heterocycles. The van der Waals surface area contributed by atoms with E-state index in [9.17, 15) is 0 Å². The second kappa shape index (κ2) is 6.54. The second-order valence-corrected chi connectivity index (χ2v) is 5.43. The Bertz CT molecular complexity index is 647. The monoisotopic (exact) mass is 308 g/mol. The smallest absolute Gasteiger partial charge is 0.170 e. The van der Waals surface area contributed by atoms with Crippen LogP contribution in [0.25, 0.3) is 0 Å². The third-order valence-electron chi connectivity index (χ3n) is 2.60. The Morgan fingerprint density at radius 3 is 2.75 bits per heavy atom. The van der Waals surface area contributed by atoms with E-state index in [0.717, 1.165) is 15.5 Å². The lowest BCUT2D eigenvalue weighted by atomic mass is 10.2. The van der Waals surface area contributed by atoms with Crippen molar-refractivity contribution >= 4 is 29.2 Å². The first-order valence-corrected chi connectivity index (χ1v) is 6.93. The number of halogens is 1. The molecule has 0 fully saturated rings. The predicted octanol–water partition coefficient (Wildman–Crippen LogP) is 3.59. The van der Waals surface area contributed by atoms with Crippen LogP contribution in [0.15, 0.2) is 57.4 Å². The average molecular weight is 309 g/mol. The molecule has 0 saturated carbocycles. The number of rotatable bonds is 4. The molecule has 2 aromatic rings. The first-order chi connectivity index (χ1) is 9.63. The second-order valence-electron chi connectivity index (χ2n) is 3.91. The third-order valence-corrected chi connectivity index (χ3v) is 4.09. The Kier molecular flexibility index (Phi) is 4.76. The number of nitrogens with zero attached hydrogens (tertiary/aromatic N) is 1. The summed E-state index contributed by atoms with van der Waals surface area (Å²) >= 11 is 7.73. The van der Waals surface area contributed by atoms with Crippen LogP contribution in [0.3, 0.4) is 0 Å². The Morgan fingerprint density at radius 1 is 1.30 bits per heavy atom. The van der Waals surface area contributed by atoms with E-state index in [0.29, 0.717) is 10.6 Å². The molecule has 0 atom stereocenters. The molecule has 0 aromatic heterocycles. The molecule has 0 aliphatic carbocycles. The van der Waals surface area contributed by atoms with Gasteiger partial charge in [-0.05, 0) is 36.4 Å². The summed E-state index contributed by atoms with van der Waals surface area (Å²) in [7, 11) is 1.63. The minimum atomic E-state index is 0.0323. The van der Waals surface area contributed by atoms with Gasteiger partial charge in [0.1, 0.15) is 5.75 Å². The Balaban J connectivity index is 2.25. The number of nitrogens with two attached hydrogens (primary N) is 1. The molecule has 2 aromatic carbocycles. The normalized spacial score (nSPS) is 11.4. The maximum Gasteiger partial charge on any atom is 0.170 e. The molecule has 0 saturated heterocycles. The van der Waals surface area contributed by atoms with Gasteiger partial charge in [-0.3, -0.25) is 0 Å². The fourth-order valence-corrected chi connectivity index (χ4v) is 2.76. The van der Waals surface area contributed by atoms with Gasteiger partial charge in [0.25, 0.3) is 0 Å². The topological polar surface area (TPSA) is 67.8 Å². The summed E-state index contributed by atoms with van der Waals surface area (Å²) in [6.45, 7) is 0. The van der Waals surface area contributed by atoms with Crippen LogP contribution in [0.4, 0.5) is 0 Å². The minimum absolute atomic E-state index is 0.0323. The maximum absolute atomic E-state index is 8.64. The van der Waals surface area contributed by atoms with Crippen molar-refractivity contribution in [1.82, 2.24) is 0 Å². The molecule has 0 heterocycles. The van der Waals surface area contributed by atoms with E-state index in [1.807, 2.05) is 30.3 Å². The molecule has 0 amide bonds. The maximum atomic E-state index is 8.64. The molecular formula is C14H13ClN2O2S. The van der Waals surface area contributed by atoms with E-state index in [1.54, 1.807) is 19.2 Å². The molecule has 0 aliphatic rings. The highest BCUT2D eigenvalue weighted by Crippen LogP contribution is 2.35. The zero-order valence-corrected chi connectivity index (χ0v) is 12.3. The van der Waals surface area contributed by atoms with Gasteiger partial charge in [-0.25, -0.2) is 0 Å². The summed E-state index contributed by atoms with van der Waals surface area (Å²) in [4.78, 5) is 1.90. The van der Waals surface area contributed by atoms with E-state index in [2.05, 4.69) is 5.16 Å². The Hall–Kier alpha value is -1.85. The molecule has 4 nitrogen and oxygen atoms in total. The van der Waals surface area contributed by atoms with E-state index >= 15 is 0 Å². The summed E-state index contributed by atoms with van der Waals surface area (Å²) in [6, 6.07) is 13.0. The standard InChI is InChI=1S/C14H13ClN2O2S/c1-19-10-3-2-4-11(8-10)20-13-6-5-9(7-12(13)15)14(16)17-18/h2-8,18H,1H3,(H2,16,17). The number of methoxy groups -OCH3 is 1. The number of ether oxygens (including phenoxy) is 1. The van der Waals surface area contributed by atoms with Crippen molar-refractivity contribution in [3.63, 3.8) is 0 Å². The molecule has 0 spiro atoms. The van der Waals surface area contributed by atoms with E-state index < -0.39 is 0 Å². The SMILES string of the molecule is COc1cccc(Sc2ccc(C(N)=NO)cc2Cl)c1. The van der Waals surface area contributed by atoms with Crippen molar-refractivity contribution in [2.45, 2.75) is 9.79 Å². The zero-order chi connectivity index (χ0) is 14.5. The molecule has 3 N–H and O–H groups in total. The van der Waals surface area contributed by atoms with Gasteiger partial charge in [-0.15, -0.1) is 0 Å². The molecule has 104 valence electrons. The summed E-state index contributed by atoms with van der Waals surface area (Å²) in [6.07, 6.45) is 0. The van der Waals surface area contributed by atoms with Gasteiger partial charge < -0.3 is 15.7 Å². The first-order valence-electron chi connectivity index (χ1n) is 5.73. The van der Waals surface area contributed by atoms with Crippen molar-refractivity contribution < 1.29 is 9.94 Å². The largest absolute Gasteiger partial charge is 0.497 e. The van der Waals surface area contributed by atoms with E-state index in [4.69, 9.17) is 27.3 Å². The molecule has 20 heavy (non-hydrogen) atoms. The summed E-state index contributed by atoms with van der Waals surface area (Å²) < 4.78 is 5.18. The van der Waals surface area contributed by atoms with Crippen molar-refractivity contribution in [1.29, 1.82) is 0 Å². The average Bonchev–Trinajstić information content (AvgIpc) is 2.48. The number of hydrogen-bond acceptors (Lipinski definition) is 4. The van der Waals surface area contributed by atoms with E-state index in [-0.39, 0.29) is 5.84 Å². The van der Waals surface area contributed by atoms with Crippen LogP contribution >= 0.6 is 23.4 Å². The summed E-state index contributed by atoms with van der Waals surface area (Å²) in [5, 5.41) is 12.1. The number of oxime groups is 1. The van der Waals surface area contributed by atoms with Crippen LogP contribution in [-0.4, -0.2) is 18.2 Å². The Labute approximate surface area is 126 Å². The van der Waals surface area contributed by atoms with Crippen LogP contribution in [0.5, 0.6) is 5.75 Å². The molecule has 6 heteroatoms. The molecule has 2 rings (SSSR count). The van der Waals surface area contributed by atoms with Gasteiger partial charge in [-0.2, -0.15) is 0 Å². The molecule has 0 radical (unpaired) electrons. The molecule has 0 bridgehead atoms. The highest BCUT2D eigenvalue weighted by molar-refractivity contribution is 7.99. The lowest BCUT2D eigenvalue weighted by Crippen LogP contribution is -2.12. The molecular weight excluding hydrogens is 296 g/mol. The Morgan fingerprint density at radius 2 is 2.10 bits per heavy atom. The fraction of sp³-hybridized carbons (Fsp3) is 0.0714. The van der Waals surface area contributed by atoms with Crippen LogP contribution in [-0.2, 0) is 0 Å². The van der Waals surface area contributed by atoms with Crippen molar-refractivity contribution in [3.05, 3.63) is 53.1 Å². The minimum Gasteiger partial charge on any atom is -0.497 e. The highest BCUT2D eigenvalue weighted by Gasteiger charge is 2.07. The molecule has 0 unspecified atom stereocenters. The first kappa shape index (κ1) is 14.6. The van der Waals surface area contributed by atoms with Gasteiger partial charge in [0.2, 0.25) is 0 Å². The van der Waals surface area contributed by atoms with Gasteiger partial charge in [0, 0.05) is 15.4 Å². The van der Waals surface area contributed by atoms with Crippen LogP contribution in [0.1, 0.15) is 5.56 Å².